The van der Waals surface area contributed by atoms with Gasteiger partial charge in [0.25, 0.3) is 5.91 Å². The molecule has 0 spiro atoms. The van der Waals surface area contributed by atoms with E-state index in [9.17, 15) is 18.4 Å². The van der Waals surface area contributed by atoms with Gasteiger partial charge in [0.05, 0.1) is 6.10 Å². The van der Waals surface area contributed by atoms with Crippen LogP contribution in [0.25, 0.3) is 0 Å². The van der Waals surface area contributed by atoms with Crippen LogP contribution in [0.4, 0.5) is 8.78 Å². The van der Waals surface area contributed by atoms with Crippen molar-refractivity contribution >= 4 is 11.8 Å². The van der Waals surface area contributed by atoms with Gasteiger partial charge in [0, 0.05) is 29.9 Å². The van der Waals surface area contributed by atoms with Gasteiger partial charge in [0.15, 0.2) is 0 Å². The first kappa shape index (κ1) is 25.3. The van der Waals surface area contributed by atoms with Crippen LogP contribution in [0.2, 0.25) is 0 Å². The van der Waals surface area contributed by atoms with Crippen LogP contribution in [-0.4, -0.2) is 47.6 Å². The number of hydrogen-bond donors (Lipinski definition) is 2. The minimum absolute atomic E-state index is 0.0622. The lowest BCUT2D eigenvalue weighted by atomic mass is 9.79. The highest BCUT2D eigenvalue weighted by Gasteiger charge is 2.38. The molecule has 3 atom stereocenters. The highest BCUT2D eigenvalue weighted by Crippen LogP contribution is 2.33. The third-order valence-corrected chi connectivity index (χ3v) is 8.53. The highest BCUT2D eigenvalue weighted by atomic mass is 19.3. The average Bonchev–Trinajstić information content (AvgIpc) is 3.16. The lowest BCUT2D eigenvalue weighted by Gasteiger charge is -2.38. The molecule has 2 N–H and O–H groups in total. The minimum Gasteiger partial charge on any atom is -0.329 e. The van der Waals surface area contributed by atoms with Crippen LogP contribution in [0.3, 0.4) is 0 Å². The maximum Gasteiger partial charge on any atom is 0.345 e. The molecule has 0 aromatic heterocycles. The van der Waals surface area contributed by atoms with Crippen molar-refractivity contribution in [2.24, 2.45) is 5.92 Å². The van der Waals surface area contributed by atoms with Crippen molar-refractivity contribution in [1.82, 2.24) is 15.5 Å². The number of carbonyl (C=O) groups is 2. The number of rotatable bonds is 7. The molecule has 2 saturated carbocycles. The number of ether oxygens (including phenoxy) is 1. The lowest BCUT2D eigenvalue weighted by Crippen LogP contribution is -2.49. The van der Waals surface area contributed by atoms with Crippen LogP contribution < -0.4 is 10.6 Å². The van der Waals surface area contributed by atoms with E-state index in [1.165, 1.54) is 18.4 Å². The summed E-state index contributed by atoms with van der Waals surface area (Å²) in [6, 6.07) is 6.50. The molecular weight excluding hydrogens is 464 g/mol. The largest absolute Gasteiger partial charge is 0.345 e. The molecule has 2 amide bonds. The van der Waals surface area contributed by atoms with Gasteiger partial charge in [0.2, 0.25) is 5.91 Å². The second kappa shape index (κ2) is 11.0. The Labute approximate surface area is 211 Å². The molecule has 5 rings (SSSR count). The molecule has 1 aromatic carbocycles. The van der Waals surface area contributed by atoms with E-state index >= 15 is 0 Å². The van der Waals surface area contributed by atoms with E-state index < -0.39 is 12.7 Å². The van der Waals surface area contributed by atoms with Crippen molar-refractivity contribution in [1.29, 1.82) is 0 Å². The Morgan fingerprint density at radius 2 is 1.86 bits per heavy atom. The molecule has 1 saturated heterocycles. The normalized spacial score (nSPS) is 31.0. The zero-order valence-corrected chi connectivity index (χ0v) is 20.8. The Bertz CT molecular complexity index is 992. The maximum absolute atomic E-state index is 13.0. The predicted molar refractivity (Wildman–Crippen MR) is 132 cm³/mol. The van der Waals surface area contributed by atoms with E-state index in [0.717, 1.165) is 37.7 Å². The number of nitrogens with zero attached hydrogens (tertiary/aromatic N) is 1. The number of fused-ring (bicyclic) bond motifs is 1. The number of piperidine rings is 1. The summed E-state index contributed by atoms with van der Waals surface area (Å²) in [6.45, 7) is 1.63. The summed E-state index contributed by atoms with van der Waals surface area (Å²) in [5, 5.41) is 6.66. The molecule has 3 fully saturated rings. The third-order valence-electron chi connectivity index (χ3n) is 8.53. The SMILES string of the molecule is C=C1CCC(N2Cc3cc(C[C@H]4CCCC[C@@H]4NC4CCC(OC(F)F)CC4)ccc3C2=O)C(=O)N1. The zero-order valence-electron chi connectivity index (χ0n) is 20.8. The van der Waals surface area contributed by atoms with Crippen molar-refractivity contribution in [2.45, 2.75) is 108 Å². The quantitative estimate of drug-likeness (QED) is 0.570. The van der Waals surface area contributed by atoms with Crippen molar-refractivity contribution in [3.63, 3.8) is 0 Å². The summed E-state index contributed by atoms with van der Waals surface area (Å²) < 4.78 is 29.8. The van der Waals surface area contributed by atoms with Crippen molar-refractivity contribution in [2.75, 3.05) is 0 Å². The van der Waals surface area contributed by atoms with E-state index in [4.69, 9.17) is 4.74 Å². The molecule has 36 heavy (non-hydrogen) atoms. The molecule has 6 nitrogen and oxygen atoms in total. The fourth-order valence-electron chi connectivity index (χ4n) is 6.62. The number of halogens is 2. The number of amides is 2. The first-order valence-corrected chi connectivity index (χ1v) is 13.5. The van der Waals surface area contributed by atoms with Crippen LogP contribution in [0.1, 0.15) is 85.7 Å². The molecule has 2 aliphatic heterocycles. The van der Waals surface area contributed by atoms with Gasteiger partial charge in [-0.1, -0.05) is 31.6 Å². The van der Waals surface area contributed by atoms with Crippen LogP contribution in [0.15, 0.2) is 30.5 Å². The van der Waals surface area contributed by atoms with E-state index in [-0.39, 0.29) is 17.9 Å². The zero-order chi connectivity index (χ0) is 25.2. The van der Waals surface area contributed by atoms with E-state index in [2.05, 4.69) is 29.3 Å². The standard InChI is InChI=1S/C28H37F2N3O3/c1-17-6-13-25(26(34)31-17)33-16-20-15-18(7-12-23(20)27(33)35)14-19-4-2-3-5-24(19)32-21-8-10-22(11-9-21)36-28(29)30/h7,12,15,19,21-22,24-25,28,32H,1-6,8-11,13-14,16H2,(H,31,34)/t19-,21?,22?,24+,25?/m1/s1. The Kier molecular flexibility index (Phi) is 7.72. The predicted octanol–water partition coefficient (Wildman–Crippen LogP) is 4.68. The van der Waals surface area contributed by atoms with Gasteiger partial charge in [-0.05, 0) is 80.9 Å². The molecule has 2 heterocycles. The van der Waals surface area contributed by atoms with Crippen LogP contribution in [0, 0.1) is 5.92 Å². The van der Waals surface area contributed by atoms with Crippen molar-refractivity contribution in [3.8, 4) is 0 Å². The molecule has 8 heteroatoms. The maximum atomic E-state index is 13.0. The van der Waals surface area contributed by atoms with Gasteiger partial charge in [-0.25, -0.2) is 0 Å². The van der Waals surface area contributed by atoms with Gasteiger partial charge >= 0.3 is 6.61 Å². The fourth-order valence-corrected chi connectivity index (χ4v) is 6.62. The lowest BCUT2D eigenvalue weighted by molar-refractivity contribution is -0.170. The molecular formula is C28H37F2N3O3. The summed E-state index contributed by atoms with van der Waals surface area (Å²) in [6.07, 6.45) is 9.78. The highest BCUT2D eigenvalue weighted by molar-refractivity contribution is 6.01. The fraction of sp³-hybridized carbons (Fsp3) is 0.643. The van der Waals surface area contributed by atoms with E-state index in [1.54, 1.807) is 4.90 Å². The number of benzene rings is 1. The molecule has 196 valence electrons. The molecule has 0 radical (unpaired) electrons. The van der Waals surface area contributed by atoms with Crippen molar-refractivity contribution < 1.29 is 23.1 Å². The van der Waals surface area contributed by atoms with Crippen LogP contribution in [0.5, 0.6) is 0 Å². The number of nitrogens with one attached hydrogen (secondary N) is 2. The summed E-state index contributed by atoms with van der Waals surface area (Å²) in [7, 11) is 0. The summed E-state index contributed by atoms with van der Waals surface area (Å²) in [5.74, 6) is 0.307. The number of carbonyl (C=O) groups excluding carboxylic acids is 2. The second-order valence-corrected chi connectivity index (χ2v) is 11.0. The first-order chi connectivity index (χ1) is 17.4. The molecule has 2 aliphatic carbocycles. The second-order valence-electron chi connectivity index (χ2n) is 11.0. The topological polar surface area (TPSA) is 70.7 Å². The Hall–Kier alpha value is -2.32. The molecule has 0 bridgehead atoms. The Balaban J connectivity index is 1.20. The summed E-state index contributed by atoms with van der Waals surface area (Å²) in [5.41, 5.74) is 3.66. The van der Waals surface area contributed by atoms with Gasteiger partial charge in [0.1, 0.15) is 6.04 Å². The summed E-state index contributed by atoms with van der Waals surface area (Å²) >= 11 is 0. The molecule has 4 aliphatic rings. The van der Waals surface area contributed by atoms with Gasteiger partial charge < -0.3 is 20.3 Å². The Morgan fingerprint density at radius 3 is 2.61 bits per heavy atom. The number of alkyl halides is 2. The van der Waals surface area contributed by atoms with E-state index in [1.807, 2.05) is 6.07 Å². The minimum atomic E-state index is -2.68. The van der Waals surface area contributed by atoms with Gasteiger partial charge in [-0.2, -0.15) is 8.78 Å². The number of allylic oxidation sites excluding steroid dienone is 1. The third kappa shape index (κ3) is 5.65. The van der Waals surface area contributed by atoms with Gasteiger partial charge in [-0.3, -0.25) is 9.59 Å². The molecule has 1 unspecified atom stereocenters. The van der Waals surface area contributed by atoms with E-state index in [0.29, 0.717) is 61.5 Å². The summed E-state index contributed by atoms with van der Waals surface area (Å²) in [4.78, 5) is 27.2. The Morgan fingerprint density at radius 1 is 1.08 bits per heavy atom. The van der Waals surface area contributed by atoms with Gasteiger partial charge in [-0.15, -0.1) is 0 Å². The monoisotopic (exact) mass is 501 g/mol. The molecule has 1 aromatic rings. The smallest absolute Gasteiger partial charge is 0.329 e. The van der Waals surface area contributed by atoms with Crippen LogP contribution in [-0.2, 0) is 22.5 Å². The average molecular weight is 502 g/mol. The number of hydrogen-bond acceptors (Lipinski definition) is 4. The van der Waals surface area contributed by atoms with Crippen LogP contribution >= 0.6 is 0 Å². The first-order valence-electron chi connectivity index (χ1n) is 13.5. The van der Waals surface area contributed by atoms with Crippen molar-refractivity contribution in [3.05, 3.63) is 47.2 Å².